The number of fused-ring (bicyclic) bond motifs is 3. The van der Waals surface area contributed by atoms with E-state index in [0.717, 1.165) is 17.8 Å². The minimum Gasteiger partial charge on any atom is -0.369 e. The zero-order valence-electron chi connectivity index (χ0n) is 21.4. The van der Waals surface area contributed by atoms with Crippen molar-refractivity contribution in [1.29, 1.82) is 0 Å². The molecule has 0 aliphatic heterocycles. The Kier molecular flexibility index (Phi) is 5.60. The fourth-order valence-electron chi connectivity index (χ4n) is 5.69. The van der Waals surface area contributed by atoms with Gasteiger partial charge in [0.15, 0.2) is 4.77 Å². The molecule has 0 spiro atoms. The lowest BCUT2D eigenvalue weighted by Gasteiger charge is -2.21. The predicted molar refractivity (Wildman–Crippen MR) is 161 cm³/mol. The number of nitrogens with zero attached hydrogens (tertiary/aromatic N) is 3. The van der Waals surface area contributed by atoms with Crippen LogP contribution in [-0.4, -0.2) is 33.1 Å². The molecule has 1 saturated carbocycles. The lowest BCUT2D eigenvalue weighted by molar-refractivity contribution is 0.102. The molecule has 1 fully saturated rings. The third kappa shape index (κ3) is 4.11. The molecule has 6 aromatic rings. The molecule has 1 aliphatic rings. The minimum atomic E-state index is -0.144. The number of imidazole rings is 1. The molecule has 7 rings (SSSR count). The topological polar surface area (TPSA) is 58.0 Å². The number of carbonyl (C=O) groups excluding carboxylic acids is 1. The van der Waals surface area contributed by atoms with Gasteiger partial charge in [-0.2, -0.15) is 0 Å². The summed E-state index contributed by atoms with van der Waals surface area (Å²) in [6.07, 6.45) is 4.72. The third-order valence-electron chi connectivity index (χ3n) is 7.72. The Morgan fingerprint density at radius 3 is 2.36 bits per heavy atom. The van der Waals surface area contributed by atoms with E-state index in [2.05, 4.69) is 81.4 Å². The summed E-state index contributed by atoms with van der Waals surface area (Å²) in [6, 6.07) is 33.5. The summed E-state index contributed by atoms with van der Waals surface area (Å²) in [4.78, 5) is 18.5. The number of benzene rings is 4. The van der Waals surface area contributed by atoms with Crippen LogP contribution < -0.4 is 10.2 Å². The Bertz CT molecular complexity index is 1860. The second-order valence-corrected chi connectivity index (χ2v) is 10.5. The zero-order valence-corrected chi connectivity index (χ0v) is 22.2. The van der Waals surface area contributed by atoms with Crippen molar-refractivity contribution in [3.63, 3.8) is 0 Å². The number of nitrogens with one attached hydrogen (secondary N) is 2. The van der Waals surface area contributed by atoms with Crippen LogP contribution in [0.25, 0.3) is 27.5 Å². The molecule has 2 heterocycles. The van der Waals surface area contributed by atoms with Gasteiger partial charge in [-0.05, 0) is 67.2 Å². The number of hydrogen-bond donors (Lipinski definition) is 2. The molecule has 2 N–H and O–H groups in total. The number of amides is 1. The fraction of sp³-hybridized carbons (Fsp3) is 0.125. The van der Waals surface area contributed by atoms with E-state index >= 15 is 0 Å². The number of carbonyl (C=O) groups is 1. The van der Waals surface area contributed by atoms with E-state index in [0.29, 0.717) is 28.1 Å². The molecular formula is C32H27N5OS. The summed E-state index contributed by atoms with van der Waals surface area (Å²) < 4.78 is 4.96. The van der Waals surface area contributed by atoms with E-state index in [4.69, 9.17) is 12.2 Å². The highest BCUT2D eigenvalue weighted by atomic mass is 32.1. The lowest BCUT2D eigenvalue weighted by Crippen LogP contribution is -2.23. The normalized spacial score (nSPS) is 16.4. The van der Waals surface area contributed by atoms with Crippen LogP contribution >= 0.6 is 12.2 Å². The van der Waals surface area contributed by atoms with Crippen LogP contribution in [0.1, 0.15) is 22.8 Å². The molecule has 2 aromatic heterocycles. The molecule has 2 unspecified atom stereocenters. The van der Waals surface area contributed by atoms with Gasteiger partial charge < -0.3 is 19.8 Å². The van der Waals surface area contributed by atoms with Crippen molar-refractivity contribution < 1.29 is 4.79 Å². The average Bonchev–Trinajstić information content (AvgIpc) is 3.51. The van der Waals surface area contributed by atoms with E-state index < -0.39 is 0 Å². The number of H-pyrrole nitrogens is 1. The first-order chi connectivity index (χ1) is 19.1. The number of likely N-dealkylation sites (N-methyl/N-ethyl adjacent to an activating group) is 1. The number of hydrogen-bond acceptors (Lipinski definition) is 3. The van der Waals surface area contributed by atoms with Gasteiger partial charge >= 0.3 is 0 Å². The van der Waals surface area contributed by atoms with E-state index in [9.17, 15) is 4.79 Å². The van der Waals surface area contributed by atoms with Crippen molar-refractivity contribution in [1.82, 2.24) is 14.1 Å². The van der Waals surface area contributed by atoms with Crippen molar-refractivity contribution in [2.75, 3.05) is 17.3 Å². The Labute approximate surface area is 231 Å². The first kappa shape index (κ1) is 23.5. The molecule has 2 atom stereocenters. The molecule has 0 bridgehead atoms. The van der Waals surface area contributed by atoms with Gasteiger partial charge in [0.1, 0.15) is 0 Å². The summed E-state index contributed by atoms with van der Waals surface area (Å²) in [5.41, 5.74) is 5.80. The van der Waals surface area contributed by atoms with Crippen molar-refractivity contribution in [3.05, 3.63) is 120 Å². The molecule has 6 nitrogen and oxygen atoms in total. The number of anilines is 2. The number of para-hydroxylation sites is 2. The Balaban J connectivity index is 1.12. The maximum absolute atomic E-state index is 13.2. The molecule has 192 valence electrons. The van der Waals surface area contributed by atoms with E-state index in [1.165, 1.54) is 21.8 Å². The highest BCUT2D eigenvalue weighted by Crippen LogP contribution is 2.46. The number of rotatable bonds is 6. The van der Waals surface area contributed by atoms with Gasteiger partial charge in [0.05, 0.1) is 12.1 Å². The highest BCUT2D eigenvalue weighted by Gasteiger charge is 2.43. The Hall–Kier alpha value is -4.62. The van der Waals surface area contributed by atoms with Crippen molar-refractivity contribution in [3.8, 4) is 5.69 Å². The van der Waals surface area contributed by atoms with Gasteiger partial charge in [-0.15, -0.1) is 0 Å². The Morgan fingerprint density at radius 1 is 0.923 bits per heavy atom. The second-order valence-electron chi connectivity index (χ2n) is 10.1. The smallest absolute Gasteiger partial charge is 0.255 e. The molecule has 1 aliphatic carbocycles. The van der Waals surface area contributed by atoms with Crippen molar-refractivity contribution in [2.24, 2.45) is 0 Å². The lowest BCUT2D eigenvalue weighted by atomic mass is 10.1. The molecular weight excluding hydrogens is 502 g/mol. The summed E-state index contributed by atoms with van der Waals surface area (Å²) in [5.74, 6) is -0.144. The molecule has 0 radical (unpaired) electrons. The van der Waals surface area contributed by atoms with Crippen LogP contribution in [0.4, 0.5) is 11.4 Å². The molecule has 7 heteroatoms. The van der Waals surface area contributed by atoms with Gasteiger partial charge in [0.2, 0.25) is 0 Å². The SMILES string of the molecule is CN(c1cccc(C(=O)Nc2cccc(-n3cc[nH]c3=S)c2)c1)C1CC1n1c2ccccc2c2ccccc21. The number of aromatic nitrogens is 3. The van der Waals surface area contributed by atoms with Gasteiger partial charge in [0.25, 0.3) is 5.91 Å². The first-order valence-corrected chi connectivity index (χ1v) is 13.5. The van der Waals surface area contributed by atoms with Gasteiger partial charge in [-0.3, -0.25) is 9.36 Å². The van der Waals surface area contributed by atoms with Crippen LogP contribution in [0.2, 0.25) is 0 Å². The first-order valence-electron chi connectivity index (χ1n) is 13.1. The zero-order chi connectivity index (χ0) is 26.5. The summed E-state index contributed by atoms with van der Waals surface area (Å²) in [6.45, 7) is 0. The summed E-state index contributed by atoms with van der Waals surface area (Å²) in [5, 5.41) is 5.63. The van der Waals surface area contributed by atoms with Gasteiger partial charge in [0, 0.05) is 63.9 Å². The molecule has 4 aromatic carbocycles. The predicted octanol–water partition coefficient (Wildman–Crippen LogP) is 7.34. The summed E-state index contributed by atoms with van der Waals surface area (Å²) >= 11 is 5.33. The Morgan fingerprint density at radius 2 is 1.64 bits per heavy atom. The van der Waals surface area contributed by atoms with E-state index in [1.54, 1.807) is 6.20 Å². The van der Waals surface area contributed by atoms with Crippen molar-refractivity contribution >= 4 is 51.3 Å². The molecule has 0 saturated heterocycles. The van der Waals surface area contributed by atoms with Crippen LogP contribution in [0.5, 0.6) is 0 Å². The quantitative estimate of drug-likeness (QED) is 0.222. The van der Waals surface area contributed by atoms with Crippen LogP contribution in [-0.2, 0) is 0 Å². The maximum Gasteiger partial charge on any atom is 0.255 e. The van der Waals surface area contributed by atoms with Gasteiger partial charge in [-0.1, -0.05) is 48.5 Å². The highest BCUT2D eigenvalue weighted by molar-refractivity contribution is 7.71. The van der Waals surface area contributed by atoms with Crippen LogP contribution in [0, 0.1) is 4.77 Å². The monoisotopic (exact) mass is 529 g/mol. The van der Waals surface area contributed by atoms with Gasteiger partial charge in [-0.25, -0.2) is 0 Å². The van der Waals surface area contributed by atoms with Crippen molar-refractivity contribution in [2.45, 2.75) is 18.5 Å². The largest absolute Gasteiger partial charge is 0.369 e. The summed E-state index contributed by atoms with van der Waals surface area (Å²) in [7, 11) is 2.12. The van der Waals surface area contributed by atoms with E-state index in [-0.39, 0.29) is 5.91 Å². The maximum atomic E-state index is 13.2. The minimum absolute atomic E-state index is 0.144. The van der Waals surface area contributed by atoms with Crippen LogP contribution in [0.3, 0.4) is 0 Å². The fourth-order valence-corrected chi connectivity index (χ4v) is 5.93. The average molecular weight is 530 g/mol. The second kappa shape index (κ2) is 9.29. The number of aromatic amines is 1. The molecule has 1 amide bonds. The standard InChI is InChI=1S/C32H27N5OS/c1-35(29-20-30(29)37-27-14-4-2-12-25(27)26-13-3-5-15-28(26)37)23-10-6-8-21(18-23)31(38)34-22-9-7-11-24(19-22)36-17-16-33-32(36)39/h2-19,29-30H,20H2,1H3,(H,33,39)(H,34,38). The van der Waals surface area contributed by atoms with Crippen LogP contribution in [0.15, 0.2) is 109 Å². The molecule has 39 heavy (non-hydrogen) atoms. The third-order valence-corrected chi connectivity index (χ3v) is 8.03. The van der Waals surface area contributed by atoms with E-state index in [1.807, 2.05) is 53.2 Å².